The Morgan fingerprint density at radius 1 is 1.25 bits per heavy atom. The highest BCUT2D eigenvalue weighted by Crippen LogP contribution is 2.22. The molecule has 0 aliphatic rings. The van der Waals surface area contributed by atoms with Crippen molar-refractivity contribution in [2.75, 3.05) is 11.6 Å². The van der Waals surface area contributed by atoms with Crippen molar-refractivity contribution in [2.45, 2.75) is 11.7 Å². The summed E-state index contributed by atoms with van der Waals surface area (Å²) in [6.07, 6.45) is 3.67. The summed E-state index contributed by atoms with van der Waals surface area (Å²) in [6, 6.07) is 7.72. The van der Waals surface area contributed by atoms with Crippen molar-refractivity contribution in [3.63, 3.8) is 0 Å². The number of aromatic nitrogens is 4. The quantitative estimate of drug-likeness (QED) is 0.571. The molecule has 102 valence electrons. The minimum atomic E-state index is 0.669. The molecule has 0 amide bonds. The van der Waals surface area contributed by atoms with Gasteiger partial charge in [0, 0.05) is 11.6 Å². The highest BCUT2D eigenvalue weighted by Gasteiger charge is 2.08. The number of H-pyrrole nitrogens is 1. The Balaban J connectivity index is 1.86. The van der Waals surface area contributed by atoms with Gasteiger partial charge < -0.3 is 5.32 Å². The number of hydrogen-bond donors (Lipinski definition) is 2. The molecule has 2 N–H and O–H groups in total. The van der Waals surface area contributed by atoms with Gasteiger partial charge in [-0.3, -0.25) is 5.10 Å². The van der Waals surface area contributed by atoms with E-state index in [4.69, 9.17) is 11.6 Å². The van der Waals surface area contributed by atoms with E-state index in [1.807, 2.05) is 30.5 Å². The molecule has 2 heterocycles. The van der Waals surface area contributed by atoms with Gasteiger partial charge in [-0.1, -0.05) is 35.5 Å². The first kappa shape index (κ1) is 13.2. The molecule has 0 fully saturated rings. The second-order valence-corrected chi connectivity index (χ2v) is 5.38. The second kappa shape index (κ2) is 5.68. The van der Waals surface area contributed by atoms with Crippen LogP contribution in [0.4, 0.5) is 5.82 Å². The summed E-state index contributed by atoms with van der Waals surface area (Å²) in [6.45, 7) is 0.669. The summed E-state index contributed by atoms with van der Waals surface area (Å²) in [4.78, 5) is 8.84. The molecule has 5 nitrogen and oxygen atoms in total. The monoisotopic (exact) mass is 305 g/mol. The van der Waals surface area contributed by atoms with Crippen LogP contribution in [0.5, 0.6) is 0 Å². The lowest BCUT2D eigenvalue weighted by Crippen LogP contribution is -2.03. The Bertz CT molecular complexity index is 725. The van der Waals surface area contributed by atoms with Crippen molar-refractivity contribution in [1.82, 2.24) is 20.2 Å². The van der Waals surface area contributed by atoms with Gasteiger partial charge in [0.05, 0.1) is 11.6 Å². The van der Waals surface area contributed by atoms with Crippen molar-refractivity contribution < 1.29 is 0 Å². The number of benzene rings is 1. The van der Waals surface area contributed by atoms with Gasteiger partial charge in [-0.05, 0) is 24.0 Å². The Morgan fingerprint density at radius 2 is 2.05 bits per heavy atom. The highest BCUT2D eigenvalue weighted by atomic mass is 35.5. The first-order valence-electron chi connectivity index (χ1n) is 5.99. The van der Waals surface area contributed by atoms with Gasteiger partial charge in [0.1, 0.15) is 5.82 Å². The molecule has 20 heavy (non-hydrogen) atoms. The topological polar surface area (TPSA) is 66.5 Å². The minimum Gasteiger partial charge on any atom is -0.365 e. The van der Waals surface area contributed by atoms with E-state index in [-0.39, 0.29) is 0 Å². The molecular weight excluding hydrogens is 294 g/mol. The van der Waals surface area contributed by atoms with Crippen LogP contribution in [0.25, 0.3) is 11.0 Å². The van der Waals surface area contributed by atoms with Crippen LogP contribution in [0, 0.1) is 0 Å². The summed E-state index contributed by atoms with van der Waals surface area (Å²) < 4.78 is 0. The van der Waals surface area contributed by atoms with Crippen molar-refractivity contribution in [3.8, 4) is 0 Å². The van der Waals surface area contributed by atoms with E-state index in [1.54, 1.807) is 6.20 Å². The molecule has 0 radical (unpaired) electrons. The maximum atomic E-state index is 5.88. The summed E-state index contributed by atoms with van der Waals surface area (Å²) in [5, 5.41) is 12.5. The summed E-state index contributed by atoms with van der Waals surface area (Å²) >= 11 is 7.37. The normalized spacial score (nSPS) is 10.9. The zero-order valence-corrected chi connectivity index (χ0v) is 12.3. The van der Waals surface area contributed by atoms with E-state index in [0.29, 0.717) is 11.7 Å². The van der Waals surface area contributed by atoms with Crippen LogP contribution in [0.1, 0.15) is 5.56 Å². The third-order valence-electron chi connectivity index (χ3n) is 2.85. The van der Waals surface area contributed by atoms with E-state index < -0.39 is 0 Å². The third-order valence-corrected chi connectivity index (χ3v) is 3.64. The predicted octanol–water partition coefficient (Wildman–Crippen LogP) is 3.34. The van der Waals surface area contributed by atoms with E-state index >= 15 is 0 Å². The zero-order chi connectivity index (χ0) is 13.9. The van der Waals surface area contributed by atoms with E-state index in [1.165, 1.54) is 11.8 Å². The van der Waals surface area contributed by atoms with Crippen LogP contribution in [0.15, 0.2) is 35.6 Å². The van der Waals surface area contributed by atoms with E-state index in [9.17, 15) is 0 Å². The maximum absolute atomic E-state index is 5.88. The number of anilines is 1. The number of rotatable bonds is 4. The SMILES string of the molecule is CSc1nc(NCc2ccc(Cl)cc2)c2cn[nH]c2n1. The van der Waals surface area contributed by atoms with E-state index in [0.717, 1.165) is 27.4 Å². The van der Waals surface area contributed by atoms with E-state index in [2.05, 4.69) is 25.5 Å². The second-order valence-electron chi connectivity index (χ2n) is 4.17. The van der Waals surface area contributed by atoms with Crippen molar-refractivity contribution in [2.24, 2.45) is 0 Å². The molecule has 0 spiro atoms. The summed E-state index contributed by atoms with van der Waals surface area (Å²) in [5.41, 5.74) is 1.87. The number of fused-ring (bicyclic) bond motifs is 1. The Hall–Kier alpha value is -1.79. The van der Waals surface area contributed by atoms with Gasteiger partial charge >= 0.3 is 0 Å². The molecule has 0 atom stereocenters. The predicted molar refractivity (Wildman–Crippen MR) is 82.2 cm³/mol. The molecule has 3 aromatic rings. The van der Waals surface area contributed by atoms with Crippen LogP contribution in [0.3, 0.4) is 0 Å². The van der Waals surface area contributed by atoms with Crippen LogP contribution >= 0.6 is 23.4 Å². The molecule has 0 aliphatic heterocycles. The van der Waals surface area contributed by atoms with Gasteiger partial charge in [-0.2, -0.15) is 5.10 Å². The maximum Gasteiger partial charge on any atom is 0.191 e. The molecule has 0 unspecified atom stereocenters. The molecule has 0 aliphatic carbocycles. The Kier molecular flexibility index (Phi) is 3.75. The van der Waals surface area contributed by atoms with Gasteiger partial charge in [0.15, 0.2) is 10.8 Å². The van der Waals surface area contributed by atoms with Crippen molar-refractivity contribution in [1.29, 1.82) is 0 Å². The molecular formula is C13H12ClN5S. The average molecular weight is 306 g/mol. The fraction of sp³-hybridized carbons (Fsp3) is 0.154. The molecule has 0 saturated heterocycles. The fourth-order valence-electron chi connectivity index (χ4n) is 1.83. The highest BCUT2D eigenvalue weighted by molar-refractivity contribution is 7.98. The number of nitrogens with one attached hydrogen (secondary N) is 2. The standard InChI is InChI=1S/C13H12ClN5S/c1-20-13-17-11(10-7-16-19-12(10)18-13)15-6-8-2-4-9(14)5-3-8/h2-5,7H,6H2,1H3,(H2,15,16,17,18,19). The molecule has 1 aromatic carbocycles. The molecule has 3 rings (SSSR count). The largest absolute Gasteiger partial charge is 0.365 e. The molecule has 7 heteroatoms. The lowest BCUT2D eigenvalue weighted by molar-refractivity contribution is 0.972. The van der Waals surface area contributed by atoms with Gasteiger partial charge in [-0.15, -0.1) is 0 Å². The van der Waals surface area contributed by atoms with Gasteiger partial charge in [0.25, 0.3) is 0 Å². The third kappa shape index (κ3) is 2.71. The van der Waals surface area contributed by atoms with Crippen molar-refractivity contribution in [3.05, 3.63) is 41.0 Å². The first-order chi connectivity index (χ1) is 9.76. The number of aromatic amines is 1. The lowest BCUT2D eigenvalue weighted by atomic mass is 10.2. The summed E-state index contributed by atoms with van der Waals surface area (Å²) in [7, 11) is 0. The lowest BCUT2D eigenvalue weighted by Gasteiger charge is -2.07. The van der Waals surface area contributed by atoms with Crippen LogP contribution in [0.2, 0.25) is 5.02 Å². The number of halogens is 1. The first-order valence-corrected chi connectivity index (χ1v) is 7.60. The minimum absolute atomic E-state index is 0.669. The van der Waals surface area contributed by atoms with Crippen LogP contribution in [-0.4, -0.2) is 26.4 Å². The molecule has 0 bridgehead atoms. The number of hydrogen-bond acceptors (Lipinski definition) is 5. The average Bonchev–Trinajstić information content (AvgIpc) is 2.94. The molecule has 0 saturated carbocycles. The Labute approximate surface area is 125 Å². The van der Waals surface area contributed by atoms with Crippen molar-refractivity contribution >= 4 is 40.2 Å². The number of nitrogens with zero attached hydrogens (tertiary/aromatic N) is 3. The molecule has 2 aromatic heterocycles. The zero-order valence-electron chi connectivity index (χ0n) is 10.7. The van der Waals surface area contributed by atoms with Gasteiger partial charge in [-0.25, -0.2) is 9.97 Å². The summed E-state index contributed by atoms with van der Waals surface area (Å²) in [5.74, 6) is 0.781. The smallest absolute Gasteiger partial charge is 0.191 e. The van der Waals surface area contributed by atoms with Gasteiger partial charge in [0.2, 0.25) is 0 Å². The van der Waals surface area contributed by atoms with Crippen LogP contribution in [-0.2, 0) is 6.54 Å². The van der Waals surface area contributed by atoms with Crippen LogP contribution < -0.4 is 5.32 Å². The Morgan fingerprint density at radius 3 is 2.80 bits per heavy atom. The fourth-order valence-corrected chi connectivity index (χ4v) is 2.32. The number of thioether (sulfide) groups is 1.